The Morgan fingerprint density at radius 3 is 1.20 bits per heavy atom. The first kappa shape index (κ1) is 6.62. The summed E-state index contributed by atoms with van der Waals surface area (Å²) in [5.41, 5.74) is 0. The average molecular weight is 142 g/mol. The van der Waals surface area contributed by atoms with Gasteiger partial charge in [0, 0.05) is 0 Å². The van der Waals surface area contributed by atoms with E-state index in [0.29, 0.717) is 11.8 Å². The molecule has 0 spiro atoms. The first-order chi connectivity index (χ1) is 4.79. The second kappa shape index (κ2) is 2.21. The van der Waals surface area contributed by atoms with E-state index in [4.69, 9.17) is 0 Å². The minimum absolute atomic E-state index is 0.403. The van der Waals surface area contributed by atoms with Crippen molar-refractivity contribution < 1.29 is 10.2 Å². The Balaban J connectivity index is 2.13. The van der Waals surface area contributed by atoms with Crippen molar-refractivity contribution in [1.29, 1.82) is 0 Å². The first-order valence-corrected chi connectivity index (χ1v) is 4.15. The van der Waals surface area contributed by atoms with Gasteiger partial charge in [-0.1, -0.05) is 0 Å². The summed E-state index contributed by atoms with van der Waals surface area (Å²) in [6.45, 7) is 0. The predicted molar refractivity (Wildman–Crippen MR) is 37.5 cm³/mol. The smallest absolute Gasteiger partial charge is 0.0829 e. The van der Waals surface area contributed by atoms with Crippen LogP contribution in [0.3, 0.4) is 0 Å². The highest BCUT2D eigenvalue weighted by molar-refractivity contribution is 4.92. The Morgan fingerprint density at radius 2 is 1.00 bits per heavy atom. The molecule has 3 rings (SSSR count). The molecule has 2 bridgehead atoms. The van der Waals surface area contributed by atoms with Gasteiger partial charge in [-0.3, -0.25) is 0 Å². The van der Waals surface area contributed by atoms with E-state index in [2.05, 4.69) is 0 Å². The zero-order valence-electron chi connectivity index (χ0n) is 6.03. The molecule has 2 heteroatoms. The van der Waals surface area contributed by atoms with E-state index in [1.54, 1.807) is 0 Å². The summed E-state index contributed by atoms with van der Waals surface area (Å²) >= 11 is 0. The Morgan fingerprint density at radius 1 is 0.700 bits per heavy atom. The number of hydrogen-bond acceptors (Lipinski definition) is 2. The molecule has 2 nitrogen and oxygen atoms in total. The zero-order chi connectivity index (χ0) is 7.14. The van der Waals surface area contributed by atoms with Gasteiger partial charge in [-0.25, -0.2) is 0 Å². The summed E-state index contributed by atoms with van der Waals surface area (Å²) in [4.78, 5) is 0. The van der Waals surface area contributed by atoms with Gasteiger partial charge >= 0.3 is 0 Å². The molecule has 0 aromatic rings. The van der Waals surface area contributed by atoms with Crippen LogP contribution < -0.4 is 0 Å². The molecule has 0 aliphatic heterocycles. The number of rotatable bonds is 0. The minimum atomic E-state index is -0.410. The highest BCUT2D eigenvalue weighted by atomic mass is 16.3. The predicted octanol–water partition coefficient (Wildman–Crippen LogP) is 0.528. The third-order valence-corrected chi connectivity index (χ3v) is 3.13. The van der Waals surface area contributed by atoms with Crippen LogP contribution >= 0.6 is 0 Å². The summed E-state index contributed by atoms with van der Waals surface area (Å²) < 4.78 is 0. The van der Waals surface area contributed by atoms with Gasteiger partial charge in [-0.15, -0.1) is 0 Å². The van der Waals surface area contributed by atoms with Crippen molar-refractivity contribution in [2.24, 2.45) is 11.8 Å². The maximum atomic E-state index is 9.42. The van der Waals surface area contributed by atoms with E-state index in [1.165, 1.54) is 0 Å². The van der Waals surface area contributed by atoms with Gasteiger partial charge in [0.2, 0.25) is 0 Å². The third-order valence-electron chi connectivity index (χ3n) is 3.13. The number of aliphatic hydroxyl groups is 2. The molecule has 0 amide bonds. The Labute approximate surface area is 60.9 Å². The Hall–Kier alpha value is -0.0800. The lowest BCUT2D eigenvalue weighted by atomic mass is 9.67. The molecule has 3 aliphatic carbocycles. The molecule has 3 aliphatic rings. The van der Waals surface area contributed by atoms with Crippen molar-refractivity contribution in [3.8, 4) is 0 Å². The summed E-state index contributed by atoms with van der Waals surface area (Å²) in [5, 5.41) is 18.8. The molecule has 0 aromatic heterocycles. The van der Waals surface area contributed by atoms with Gasteiger partial charge in [0.15, 0.2) is 0 Å². The van der Waals surface area contributed by atoms with E-state index < -0.39 is 12.2 Å². The molecule has 10 heavy (non-hydrogen) atoms. The second-order valence-corrected chi connectivity index (χ2v) is 3.66. The van der Waals surface area contributed by atoms with Crippen molar-refractivity contribution >= 4 is 0 Å². The van der Waals surface area contributed by atoms with E-state index in [0.717, 1.165) is 25.7 Å². The highest BCUT2D eigenvalue weighted by Crippen LogP contribution is 2.41. The van der Waals surface area contributed by atoms with Crippen molar-refractivity contribution in [3.05, 3.63) is 0 Å². The largest absolute Gasteiger partial charge is 0.390 e. The molecular formula is C8H14O2. The molecule has 3 fully saturated rings. The number of aliphatic hydroxyl groups excluding tert-OH is 2. The Bertz CT molecular complexity index is 107. The fourth-order valence-electron chi connectivity index (χ4n) is 2.39. The van der Waals surface area contributed by atoms with Gasteiger partial charge in [0.25, 0.3) is 0 Å². The van der Waals surface area contributed by atoms with Crippen molar-refractivity contribution in [2.45, 2.75) is 37.9 Å². The van der Waals surface area contributed by atoms with Crippen LogP contribution in [0, 0.1) is 11.8 Å². The SMILES string of the molecule is OC1C2CCC(CC2)C1O. The molecule has 0 radical (unpaired) electrons. The van der Waals surface area contributed by atoms with Crippen LogP contribution in [0.5, 0.6) is 0 Å². The van der Waals surface area contributed by atoms with E-state index in [1.807, 2.05) is 0 Å². The van der Waals surface area contributed by atoms with Gasteiger partial charge < -0.3 is 10.2 Å². The van der Waals surface area contributed by atoms with Crippen molar-refractivity contribution in [1.82, 2.24) is 0 Å². The van der Waals surface area contributed by atoms with Crippen LogP contribution in [0.2, 0.25) is 0 Å². The van der Waals surface area contributed by atoms with Crippen LogP contribution in [-0.2, 0) is 0 Å². The molecule has 0 heterocycles. The van der Waals surface area contributed by atoms with Gasteiger partial charge in [-0.05, 0) is 37.5 Å². The lowest BCUT2D eigenvalue weighted by Gasteiger charge is -2.43. The van der Waals surface area contributed by atoms with Gasteiger partial charge in [-0.2, -0.15) is 0 Å². The number of fused-ring (bicyclic) bond motifs is 3. The van der Waals surface area contributed by atoms with E-state index in [9.17, 15) is 10.2 Å². The molecular weight excluding hydrogens is 128 g/mol. The summed E-state index contributed by atoms with van der Waals surface area (Å²) in [5.74, 6) is 0.806. The van der Waals surface area contributed by atoms with Crippen LogP contribution in [0.15, 0.2) is 0 Å². The molecule has 0 saturated heterocycles. The highest BCUT2D eigenvalue weighted by Gasteiger charge is 2.41. The standard InChI is InChI=1S/C8H14O2/c9-7-5-1-2-6(4-3-5)8(7)10/h5-10H,1-4H2. The molecule has 58 valence electrons. The maximum Gasteiger partial charge on any atom is 0.0829 e. The zero-order valence-corrected chi connectivity index (χ0v) is 6.03. The molecule has 0 aromatic carbocycles. The summed E-state index contributed by atoms with van der Waals surface area (Å²) in [7, 11) is 0. The average Bonchev–Trinajstić information content (AvgIpc) is 2.00. The monoisotopic (exact) mass is 142 g/mol. The maximum absolute atomic E-state index is 9.42. The first-order valence-electron chi connectivity index (χ1n) is 4.15. The summed E-state index contributed by atoms with van der Waals surface area (Å²) in [6, 6.07) is 0. The normalized spacial score (nSPS) is 53.4. The van der Waals surface area contributed by atoms with Gasteiger partial charge in [0.1, 0.15) is 0 Å². The fraction of sp³-hybridized carbons (Fsp3) is 1.00. The van der Waals surface area contributed by atoms with Crippen molar-refractivity contribution in [2.75, 3.05) is 0 Å². The third kappa shape index (κ3) is 0.789. The summed E-state index contributed by atoms with van der Waals surface area (Å²) in [6.07, 6.45) is 3.69. The van der Waals surface area contributed by atoms with E-state index in [-0.39, 0.29) is 0 Å². The lowest BCUT2D eigenvalue weighted by Crippen LogP contribution is -2.47. The molecule has 2 N–H and O–H groups in total. The van der Waals surface area contributed by atoms with Crippen molar-refractivity contribution in [3.63, 3.8) is 0 Å². The lowest BCUT2D eigenvalue weighted by molar-refractivity contribution is -0.108. The van der Waals surface area contributed by atoms with Crippen LogP contribution in [-0.4, -0.2) is 22.4 Å². The Kier molecular flexibility index (Phi) is 1.46. The number of hydrogen-bond donors (Lipinski definition) is 2. The second-order valence-electron chi connectivity index (χ2n) is 3.66. The van der Waals surface area contributed by atoms with E-state index >= 15 is 0 Å². The van der Waals surface area contributed by atoms with Crippen LogP contribution in [0.25, 0.3) is 0 Å². The van der Waals surface area contributed by atoms with Gasteiger partial charge in [0.05, 0.1) is 12.2 Å². The molecule has 3 saturated carbocycles. The quantitative estimate of drug-likeness (QED) is 0.518. The topological polar surface area (TPSA) is 40.5 Å². The minimum Gasteiger partial charge on any atom is -0.390 e. The fourth-order valence-corrected chi connectivity index (χ4v) is 2.39. The van der Waals surface area contributed by atoms with Crippen LogP contribution in [0.4, 0.5) is 0 Å². The molecule has 2 atom stereocenters. The van der Waals surface area contributed by atoms with Crippen LogP contribution in [0.1, 0.15) is 25.7 Å². The molecule has 2 unspecified atom stereocenters.